The molecule has 0 aromatic carbocycles. The molecule has 0 spiro atoms. The summed E-state index contributed by atoms with van der Waals surface area (Å²) in [7, 11) is 4.89. The molecule has 1 aliphatic rings. The minimum Gasteiger partial charge on any atom is -0.512 e. The van der Waals surface area contributed by atoms with Crippen LogP contribution in [0.5, 0.6) is 0 Å². The van der Waals surface area contributed by atoms with Crippen molar-refractivity contribution < 1.29 is 66.6 Å². The van der Waals surface area contributed by atoms with Gasteiger partial charge in [0.1, 0.15) is 6.04 Å². The van der Waals surface area contributed by atoms with Crippen LogP contribution >= 0.6 is 11.8 Å². The van der Waals surface area contributed by atoms with E-state index in [1.165, 1.54) is 7.11 Å². The topological polar surface area (TPSA) is 111 Å². The second-order valence-corrected chi connectivity index (χ2v) is 6.15. The summed E-state index contributed by atoms with van der Waals surface area (Å²) in [5.74, 6) is 0.0758. The molecule has 0 saturated carbocycles. The molecule has 0 aromatic rings. The number of aliphatic hydroxyl groups is 2. The van der Waals surface area contributed by atoms with Gasteiger partial charge >= 0.3 is 5.97 Å². The maximum Gasteiger partial charge on any atom is 0.326 e. The molecule has 1 rings (SSSR count). The molecule has 0 heterocycles. The van der Waals surface area contributed by atoms with Gasteiger partial charge in [-0.3, -0.25) is 0 Å². The first-order chi connectivity index (χ1) is 10.4. The summed E-state index contributed by atoms with van der Waals surface area (Å²) < 4.78 is 5.29. The summed E-state index contributed by atoms with van der Waals surface area (Å²) in [6.07, 6.45) is 2.49. The van der Waals surface area contributed by atoms with Crippen LogP contribution in [0.3, 0.4) is 0 Å². The minimum atomic E-state index is -1.40. The van der Waals surface area contributed by atoms with E-state index in [1.807, 2.05) is 6.26 Å². The van der Waals surface area contributed by atoms with Crippen LogP contribution in [0.1, 0.15) is 19.3 Å². The van der Waals surface area contributed by atoms with Gasteiger partial charge < -0.3 is 30.4 Å². The van der Waals surface area contributed by atoms with Crippen molar-refractivity contribution in [2.75, 3.05) is 25.7 Å². The van der Waals surface area contributed by atoms with E-state index in [-0.39, 0.29) is 54.6 Å². The Labute approximate surface area is 174 Å². The summed E-state index contributed by atoms with van der Waals surface area (Å²) in [6.45, 7) is -0.462. The standard InChI is InChI=1S/C14H23N2O5S.Ce/c1-15-10-6-14(20,8-17)7-11(12(10)21-2)16-9(13(18)19)4-5-22-3;/h9,16-17,20H,1,4-8H2,2-3H3,(H,18,19);/q-1;/t9-,14-;/m0./s1. The van der Waals surface area contributed by atoms with Gasteiger partial charge in [-0.05, 0) is 24.9 Å². The van der Waals surface area contributed by atoms with Gasteiger partial charge in [0.15, 0.2) is 0 Å². The number of rotatable bonds is 8. The SMILES string of the molecule is [CH2-]N=C1C[C@@](O)(CO)CC(N[C@@H](CCSC)C(=O)O)=C1OC.[Ce]. The first-order valence-electron chi connectivity index (χ1n) is 6.82. The minimum absolute atomic E-state index is 0. The fourth-order valence-corrected chi connectivity index (χ4v) is 2.81. The van der Waals surface area contributed by atoms with Crippen molar-refractivity contribution in [3.63, 3.8) is 0 Å². The Morgan fingerprint density at radius 1 is 1.57 bits per heavy atom. The molecule has 130 valence electrons. The van der Waals surface area contributed by atoms with E-state index < -0.39 is 24.2 Å². The van der Waals surface area contributed by atoms with Gasteiger partial charge in [-0.1, -0.05) is 5.71 Å². The molecule has 0 aromatic heterocycles. The zero-order valence-corrected chi connectivity index (χ0v) is 17.3. The van der Waals surface area contributed by atoms with Gasteiger partial charge in [0.25, 0.3) is 0 Å². The van der Waals surface area contributed by atoms with E-state index >= 15 is 0 Å². The number of carboxylic acids is 1. The average Bonchev–Trinajstić information content (AvgIpc) is 2.50. The number of aliphatic imine (C=N–C) groups is 1. The molecular formula is C14H23CeN2O5S-. The Bertz CT molecular complexity index is 472. The van der Waals surface area contributed by atoms with Crippen molar-refractivity contribution in [1.29, 1.82) is 0 Å². The van der Waals surface area contributed by atoms with Crippen LogP contribution in [-0.2, 0) is 9.53 Å². The molecule has 9 heteroatoms. The number of hydrogen-bond donors (Lipinski definition) is 4. The third kappa shape index (κ3) is 6.43. The third-order valence-corrected chi connectivity index (χ3v) is 4.13. The number of aliphatic carboxylic acids is 1. The zero-order chi connectivity index (χ0) is 16.8. The molecule has 0 aliphatic heterocycles. The first kappa shape index (κ1) is 23.0. The van der Waals surface area contributed by atoms with E-state index in [1.54, 1.807) is 11.8 Å². The second-order valence-electron chi connectivity index (χ2n) is 5.17. The van der Waals surface area contributed by atoms with Crippen molar-refractivity contribution in [3.05, 3.63) is 18.5 Å². The summed E-state index contributed by atoms with van der Waals surface area (Å²) in [5, 5.41) is 32.0. The summed E-state index contributed by atoms with van der Waals surface area (Å²) in [4.78, 5) is 15.2. The number of carboxylic acid groups (broad SMARTS) is 1. The molecule has 0 unspecified atom stereocenters. The van der Waals surface area contributed by atoms with Crippen LogP contribution in [-0.4, -0.2) is 64.4 Å². The van der Waals surface area contributed by atoms with Crippen molar-refractivity contribution in [2.24, 2.45) is 4.99 Å². The number of hydrogen-bond acceptors (Lipinski definition) is 7. The molecular weight excluding hydrogens is 448 g/mol. The van der Waals surface area contributed by atoms with E-state index in [2.05, 4.69) is 17.4 Å². The molecule has 1 aliphatic carbocycles. The van der Waals surface area contributed by atoms with Crippen molar-refractivity contribution in [3.8, 4) is 0 Å². The van der Waals surface area contributed by atoms with Crippen molar-refractivity contribution >= 4 is 23.4 Å². The predicted octanol–water partition coefficient (Wildman–Crippen LogP) is 0.390. The number of aliphatic hydroxyl groups excluding tert-OH is 1. The smallest absolute Gasteiger partial charge is 0.326 e. The molecule has 0 radical (unpaired) electrons. The Kier molecular flexibility index (Phi) is 10.8. The Morgan fingerprint density at radius 3 is 2.65 bits per heavy atom. The molecule has 0 amide bonds. The van der Waals surface area contributed by atoms with Crippen LogP contribution in [0, 0.1) is 48.8 Å². The number of allylic oxidation sites excluding steroid dienone is 1. The quantitative estimate of drug-likeness (QED) is 0.379. The van der Waals surface area contributed by atoms with Gasteiger partial charge in [-0.2, -0.15) is 18.8 Å². The number of methoxy groups -OCH3 is 1. The predicted molar refractivity (Wildman–Crippen MR) is 85.7 cm³/mol. The maximum atomic E-state index is 11.4. The van der Waals surface area contributed by atoms with Crippen LogP contribution < -0.4 is 5.32 Å². The van der Waals surface area contributed by atoms with Crippen LogP contribution in [0.15, 0.2) is 16.4 Å². The Morgan fingerprint density at radius 2 is 2.22 bits per heavy atom. The molecule has 4 N–H and O–H groups in total. The van der Waals surface area contributed by atoms with Crippen LogP contribution in [0.4, 0.5) is 0 Å². The van der Waals surface area contributed by atoms with Crippen molar-refractivity contribution in [1.82, 2.24) is 5.32 Å². The largest absolute Gasteiger partial charge is 0.512 e. The van der Waals surface area contributed by atoms with Crippen LogP contribution in [0.2, 0.25) is 0 Å². The van der Waals surface area contributed by atoms with E-state index in [0.717, 1.165) is 0 Å². The second kappa shape index (κ2) is 10.8. The van der Waals surface area contributed by atoms with Gasteiger partial charge in [-0.25, -0.2) is 4.79 Å². The third-order valence-electron chi connectivity index (χ3n) is 3.49. The molecule has 2 atom stereocenters. The monoisotopic (exact) mass is 471 g/mol. The van der Waals surface area contributed by atoms with Gasteiger partial charge in [0.05, 0.1) is 25.1 Å². The van der Waals surface area contributed by atoms with Gasteiger partial charge in [0.2, 0.25) is 0 Å². The zero-order valence-electron chi connectivity index (χ0n) is 13.3. The molecule has 0 saturated heterocycles. The molecule has 0 fully saturated rings. The van der Waals surface area contributed by atoms with Crippen molar-refractivity contribution in [2.45, 2.75) is 30.9 Å². The normalized spacial score (nSPS) is 24.1. The molecule has 7 nitrogen and oxygen atoms in total. The number of thioether (sulfide) groups is 1. The number of carbonyl (C=O) groups is 1. The van der Waals surface area contributed by atoms with Crippen LogP contribution in [0.25, 0.3) is 0 Å². The molecule has 0 bridgehead atoms. The maximum absolute atomic E-state index is 11.4. The van der Waals surface area contributed by atoms with Gasteiger partial charge in [-0.15, -0.1) is 0 Å². The molecule has 23 heavy (non-hydrogen) atoms. The Balaban J connectivity index is 0.00000484. The van der Waals surface area contributed by atoms with Gasteiger partial charge in [0, 0.05) is 53.9 Å². The summed E-state index contributed by atoms with van der Waals surface area (Å²) in [5.41, 5.74) is -0.591. The fourth-order valence-electron chi connectivity index (χ4n) is 2.34. The fraction of sp³-hybridized carbons (Fsp3) is 0.643. The summed E-state index contributed by atoms with van der Waals surface area (Å²) >= 11 is 1.55. The van der Waals surface area contributed by atoms with E-state index in [4.69, 9.17) is 4.74 Å². The van der Waals surface area contributed by atoms with E-state index in [0.29, 0.717) is 29.3 Å². The van der Waals surface area contributed by atoms with E-state index in [9.17, 15) is 20.1 Å². The Hall–Kier alpha value is -0.00338. The first-order valence-corrected chi connectivity index (χ1v) is 8.21. The summed E-state index contributed by atoms with van der Waals surface area (Å²) in [6, 6.07) is -0.806. The number of ether oxygens (including phenoxy) is 1. The number of nitrogens with one attached hydrogen (secondary N) is 1. The average molecular weight is 472 g/mol. The number of nitrogens with zero attached hydrogens (tertiary/aromatic N) is 1.